The molecule has 1 heterocycles. The fraction of sp³-hybridized carbons (Fsp3) is 0.647. The van der Waals surface area contributed by atoms with Crippen molar-refractivity contribution in [1.29, 1.82) is 0 Å². The molecule has 1 fully saturated rings. The third-order valence-corrected chi connectivity index (χ3v) is 4.16. The first-order valence-electron chi connectivity index (χ1n) is 7.81. The van der Waals surface area contributed by atoms with Gasteiger partial charge in [-0.15, -0.1) is 0 Å². The fourth-order valence-electron chi connectivity index (χ4n) is 2.81. The number of hydrogen-bond donors (Lipinski definition) is 1. The van der Waals surface area contributed by atoms with Gasteiger partial charge in [0.15, 0.2) is 0 Å². The van der Waals surface area contributed by atoms with E-state index in [-0.39, 0.29) is 0 Å². The number of piperazine rings is 1. The van der Waals surface area contributed by atoms with Gasteiger partial charge in [0.05, 0.1) is 0 Å². The number of benzene rings is 1. The Labute approximate surface area is 124 Å². The van der Waals surface area contributed by atoms with Gasteiger partial charge in [-0.25, -0.2) is 0 Å². The average Bonchev–Trinajstić information content (AvgIpc) is 2.45. The molecule has 0 spiro atoms. The molecule has 0 aliphatic carbocycles. The van der Waals surface area contributed by atoms with Crippen molar-refractivity contribution in [1.82, 2.24) is 10.2 Å². The van der Waals surface area contributed by atoms with Crippen LogP contribution in [-0.2, 0) is 6.42 Å². The summed E-state index contributed by atoms with van der Waals surface area (Å²) in [5.74, 6) is 0.601. The van der Waals surface area contributed by atoms with Crippen molar-refractivity contribution in [3.8, 4) is 0 Å². The third kappa shape index (κ3) is 3.97. The molecule has 1 aliphatic heterocycles. The van der Waals surface area contributed by atoms with Crippen LogP contribution < -0.4 is 10.2 Å². The van der Waals surface area contributed by atoms with E-state index >= 15 is 0 Å². The van der Waals surface area contributed by atoms with E-state index in [2.05, 4.69) is 61.3 Å². The lowest BCUT2D eigenvalue weighted by atomic mass is 9.97. The lowest BCUT2D eigenvalue weighted by Crippen LogP contribution is -2.44. The Hall–Kier alpha value is -1.06. The summed E-state index contributed by atoms with van der Waals surface area (Å²) in [4.78, 5) is 4.80. The van der Waals surface area contributed by atoms with Gasteiger partial charge in [0.1, 0.15) is 0 Å². The first kappa shape index (κ1) is 15.3. The van der Waals surface area contributed by atoms with Gasteiger partial charge in [-0.05, 0) is 29.5 Å². The van der Waals surface area contributed by atoms with Crippen LogP contribution in [0.4, 0.5) is 5.69 Å². The summed E-state index contributed by atoms with van der Waals surface area (Å²) in [7, 11) is 4.28. The van der Waals surface area contributed by atoms with E-state index in [1.165, 1.54) is 36.4 Å². The fourth-order valence-corrected chi connectivity index (χ4v) is 2.81. The van der Waals surface area contributed by atoms with Crippen molar-refractivity contribution in [3.05, 3.63) is 29.3 Å². The van der Waals surface area contributed by atoms with Crippen molar-refractivity contribution in [3.63, 3.8) is 0 Å². The third-order valence-electron chi connectivity index (χ3n) is 4.16. The van der Waals surface area contributed by atoms with Gasteiger partial charge in [0.25, 0.3) is 0 Å². The number of nitrogens with zero attached hydrogens (tertiary/aromatic N) is 2. The van der Waals surface area contributed by atoms with Crippen molar-refractivity contribution in [2.75, 3.05) is 51.7 Å². The van der Waals surface area contributed by atoms with Gasteiger partial charge >= 0.3 is 0 Å². The maximum Gasteiger partial charge on any atom is 0.0394 e. The van der Waals surface area contributed by atoms with Crippen molar-refractivity contribution in [2.45, 2.75) is 26.2 Å². The molecule has 112 valence electrons. The van der Waals surface area contributed by atoms with Gasteiger partial charge in [-0.3, -0.25) is 0 Å². The smallest absolute Gasteiger partial charge is 0.0394 e. The molecule has 0 saturated carbocycles. The normalized spacial score (nSPS) is 16.6. The summed E-state index contributed by atoms with van der Waals surface area (Å²) in [5, 5.41) is 3.42. The van der Waals surface area contributed by atoms with Crippen molar-refractivity contribution < 1.29 is 0 Å². The molecule has 0 unspecified atom stereocenters. The predicted molar refractivity (Wildman–Crippen MR) is 87.9 cm³/mol. The average molecular weight is 275 g/mol. The minimum absolute atomic E-state index is 0.601. The molecule has 2 rings (SSSR count). The van der Waals surface area contributed by atoms with Crippen LogP contribution in [0.3, 0.4) is 0 Å². The monoisotopic (exact) mass is 275 g/mol. The molecule has 20 heavy (non-hydrogen) atoms. The van der Waals surface area contributed by atoms with Crippen molar-refractivity contribution >= 4 is 5.69 Å². The predicted octanol–water partition coefficient (Wildman–Crippen LogP) is 2.32. The van der Waals surface area contributed by atoms with Crippen molar-refractivity contribution in [2.24, 2.45) is 0 Å². The van der Waals surface area contributed by atoms with Crippen LogP contribution >= 0.6 is 0 Å². The summed E-state index contributed by atoms with van der Waals surface area (Å²) < 4.78 is 0. The Morgan fingerprint density at radius 1 is 1.20 bits per heavy atom. The van der Waals surface area contributed by atoms with Crippen LogP contribution in [-0.4, -0.2) is 51.7 Å². The summed E-state index contributed by atoms with van der Waals surface area (Å²) in [6, 6.07) is 6.96. The molecule has 0 bridgehead atoms. The molecule has 1 aromatic rings. The van der Waals surface area contributed by atoms with Crippen LogP contribution in [0.2, 0.25) is 0 Å². The van der Waals surface area contributed by atoms with Gasteiger partial charge in [0, 0.05) is 52.5 Å². The highest BCUT2D eigenvalue weighted by Crippen LogP contribution is 2.25. The Kier molecular flexibility index (Phi) is 5.44. The molecule has 0 radical (unpaired) electrons. The topological polar surface area (TPSA) is 18.5 Å². The summed E-state index contributed by atoms with van der Waals surface area (Å²) in [5.41, 5.74) is 4.30. The Bertz CT molecular complexity index is 420. The second kappa shape index (κ2) is 7.09. The number of hydrogen-bond acceptors (Lipinski definition) is 3. The lowest BCUT2D eigenvalue weighted by Gasteiger charge is -2.28. The van der Waals surface area contributed by atoms with Crippen LogP contribution in [0.25, 0.3) is 0 Å². The van der Waals surface area contributed by atoms with Gasteiger partial charge in [-0.1, -0.05) is 26.0 Å². The molecule has 1 aliphatic rings. The van der Waals surface area contributed by atoms with E-state index in [0.717, 1.165) is 19.5 Å². The minimum Gasteiger partial charge on any atom is -0.377 e. The Morgan fingerprint density at radius 2 is 1.90 bits per heavy atom. The first-order chi connectivity index (χ1) is 9.58. The van der Waals surface area contributed by atoms with E-state index in [9.17, 15) is 0 Å². The molecule has 1 N–H and O–H groups in total. The zero-order chi connectivity index (χ0) is 14.5. The zero-order valence-electron chi connectivity index (χ0n) is 13.4. The summed E-state index contributed by atoms with van der Waals surface area (Å²) in [6.07, 6.45) is 1.15. The molecular formula is C17H29N3. The molecule has 3 heteroatoms. The molecule has 0 amide bonds. The second-order valence-corrected chi connectivity index (χ2v) is 6.28. The minimum atomic E-state index is 0.601. The maximum absolute atomic E-state index is 3.42. The van der Waals surface area contributed by atoms with Gasteiger partial charge in [0.2, 0.25) is 0 Å². The second-order valence-electron chi connectivity index (χ2n) is 6.28. The highest BCUT2D eigenvalue weighted by atomic mass is 15.2. The molecule has 0 aromatic heterocycles. The number of rotatable bonds is 5. The highest BCUT2D eigenvalue weighted by molar-refractivity contribution is 5.54. The summed E-state index contributed by atoms with van der Waals surface area (Å²) >= 11 is 0. The van der Waals surface area contributed by atoms with Crippen LogP contribution in [0.15, 0.2) is 18.2 Å². The van der Waals surface area contributed by atoms with E-state index in [4.69, 9.17) is 0 Å². The quantitative estimate of drug-likeness (QED) is 0.890. The molecular weight excluding hydrogens is 246 g/mol. The van der Waals surface area contributed by atoms with E-state index in [0.29, 0.717) is 5.92 Å². The standard InChI is InChI=1S/C17H29N3/c1-14(2)15-5-6-17(19(3)4)16(13-15)7-10-20-11-8-18-9-12-20/h5-6,13-14,18H,7-12H2,1-4H3. The van der Waals surface area contributed by atoms with Crippen LogP contribution in [0.1, 0.15) is 30.9 Å². The van der Waals surface area contributed by atoms with E-state index in [1.54, 1.807) is 0 Å². The summed E-state index contributed by atoms with van der Waals surface area (Å²) in [6.45, 7) is 10.3. The van der Waals surface area contributed by atoms with Gasteiger partial charge < -0.3 is 15.1 Å². The van der Waals surface area contributed by atoms with Gasteiger partial charge in [-0.2, -0.15) is 0 Å². The van der Waals surface area contributed by atoms with E-state index < -0.39 is 0 Å². The molecule has 0 atom stereocenters. The molecule has 1 saturated heterocycles. The Morgan fingerprint density at radius 3 is 2.50 bits per heavy atom. The highest BCUT2D eigenvalue weighted by Gasteiger charge is 2.12. The number of anilines is 1. The Balaban J connectivity index is 2.08. The number of nitrogens with one attached hydrogen (secondary N) is 1. The first-order valence-corrected chi connectivity index (χ1v) is 7.81. The zero-order valence-corrected chi connectivity index (χ0v) is 13.4. The molecule has 1 aromatic carbocycles. The van der Waals surface area contributed by atoms with E-state index in [1.807, 2.05) is 0 Å². The van der Waals surface area contributed by atoms with Crippen LogP contribution in [0.5, 0.6) is 0 Å². The lowest BCUT2D eigenvalue weighted by molar-refractivity contribution is 0.244. The molecule has 3 nitrogen and oxygen atoms in total. The maximum atomic E-state index is 3.42. The largest absolute Gasteiger partial charge is 0.377 e. The van der Waals surface area contributed by atoms with Crippen LogP contribution in [0, 0.1) is 0 Å². The SMILES string of the molecule is CC(C)c1ccc(N(C)C)c(CCN2CCNCC2)c1.